The summed E-state index contributed by atoms with van der Waals surface area (Å²) in [5.74, 6) is 2.81. The lowest BCUT2D eigenvalue weighted by molar-refractivity contribution is -0.130. The molecule has 0 aliphatic carbocycles. The van der Waals surface area contributed by atoms with Crippen LogP contribution < -0.4 is 10.2 Å². The van der Waals surface area contributed by atoms with E-state index in [0.717, 1.165) is 50.8 Å². The molecule has 1 atom stereocenters. The molecule has 6 heteroatoms. The van der Waals surface area contributed by atoms with Gasteiger partial charge in [-0.25, -0.2) is 9.97 Å². The fourth-order valence-corrected chi connectivity index (χ4v) is 3.76. The van der Waals surface area contributed by atoms with Gasteiger partial charge in [0.05, 0.1) is 0 Å². The number of carbonyl (C=O) groups is 1. The molecule has 2 aliphatic heterocycles. The summed E-state index contributed by atoms with van der Waals surface area (Å²) in [6, 6.07) is 2.03. The van der Waals surface area contributed by atoms with Gasteiger partial charge >= 0.3 is 0 Å². The van der Waals surface area contributed by atoms with Crippen LogP contribution in [-0.4, -0.2) is 53.5 Å². The molecule has 0 aromatic carbocycles. The van der Waals surface area contributed by atoms with E-state index in [1.165, 1.54) is 25.7 Å². The molecule has 2 fully saturated rings. The summed E-state index contributed by atoms with van der Waals surface area (Å²) in [6.07, 6.45) is 8.06. The van der Waals surface area contributed by atoms with Gasteiger partial charge in [-0.1, -0.05) is 0 Å². The van der Waals surface area contributed by atoms with Crippen LogP contribution in [0.2, 0.25) is 0 Å². The van der Waals surface area contributed by atoms with E-state index in [1.807, 2.05) is 11.0 Å². The largest absolute Gasteiger partial charge is 0.370 e. The van der Waals surface area contributed by atoms with Crippen LogP contribution in [0.3, 0.4) is 0 Å². The van der Waals surface area contributed by atoms with Crippen LogP contribution >= 0.6 is 0 Å². The SMILES string of the molecule is CCNc1cc(N2CCC[C@@H](CCC(=O)N3CCCC3)C2)ncn1. The molecule has 1 aromatic rings. The highest BCUT2D eigenvalue weighted by Crippen LogP contribution is 2.26. The van der Waals surface area contributed by atoms with Crippen molar-refractivity contribution in [2.75, 3.05) is 42.9 Å². The third-order valence-corrected chi connectivity index (χ3v) is 5.08. The van der Waals surface area contributed by atoms with Crippen LogP contribution in [0.15, 0.2) is 12.4 Å². The van der Waals surface area contributed by atoms with Crippen molar-refractivity contribution in [1.82, 2.24) is 14.9 Å². The number of aromatic nitrogens is 2. The molecular weight excluding hydrogens is 302 g/mol. The predicted octanol–water partition coefficient (Wildman–Crippen LogP) is 2.53. The second-order valence-corrected chi connectivity index (χ2v) is 6.87. The lowest BCUT2D eigenvalue weighted by Crippen LogP contribution is -2.37. The number of nitrogens with one attached hydrogen (secondary N) is 1. The van der Waals surface area contributed by atoms with Gasteiger partial charge in [-0.2, -0.15) is 0 Å². The van der Waals surface area contributed by atoms with Gasteiger partial charge in [0.2, 0.25) is 5.91 Å². The summed E-state index contributed by atoms with van der Waals surface area (Å²) in [5, 5.41) is 3.24. The van der Waals surface area contributed by atoms with Crippen LogP contribution in [0.1, 0.15) is 45.4 Å². The number of nitrogens with zero attached hydrogens (tertiary/aromatic N) is 4. The molecule has 1 aromatic heterocycles. The summed E-state index contributed by atoms with van der Waals surface area (Å²) in [7, 11) is 0. The van der Waals surface area contributed by atoms with Crippen LogP contribution in [0.5, 0.6) is 0 Å². The van der Waals surface area contributed by atoms with Crippen molar-refractivity contribution >= 4 is 17.5 Å². The van der Waals surface area contributed by atoms with Gasteiger partial charge in [0.15, 0.2) is 0 Å². The number of piperidine rings is 1. The fourth-order valence-electron chi connectivity index (χ4n) is 3.76. The Kier molecular flexibility index (Phi) is 5.88. The number of anilines is 2. The molecule has 1 amide bonds. The number of hydrogen-bond donors (Lipinski definition) is 1. The summed E-state index contributed by atoms with van der Waals surface area (Å²) >= 11 is 0. The average molecular weight is 331 g/mol. The molecule has 3 heterocycles. The Bertz CT molecular complexity index is 544. The van der Waals surface area contributed by atoms with Gasteiger partial charge in [0.25, 0.3) is 0 Å². The van der Waals surface area contributed by atoms with Crippen LogP contribution in [0.25, 0.3) is 0 Å². The molecule has 2 saturated heterocycles. The van der Waals surface area contributed by atoms with Crippen molar-refractivity contribution in [1.29, 1.82) is 0 Å². The Morgan fingerprint density at radius 3 is 2.88 bits per heavy atom. The normalized spacial score (nSPS) is 21.1. The van der Waals surface area contributed by atoms with E-state index in [1.54, 1.807) is 6.33 Å². The molecule has 0 saturated carbocycles. The number of hydrogen-bond acceptors (Lipinski definition) is 5. The zero-order valence-corrected chi connectivity index (χ0v) is 14.7. The first-order chi connectivity index (χ1) is 11.8. The monoisotopic (exact) mass is 331 g/mol. The Labute approximate surface area is 144 Å². The van der Waals surface area contributed by atoms with Gasteiger partial charge < -0.3 is 15.1 Å². The van der Waals surface area contributed by atoms with Crippen molar-refractivity contribution in [3.05, 3.63) is 12.4 Å². The number of rotatable bonds is 6. The van der Waals surface area contributed by atoms with Crippen molar-refractivity contribution in [3.8, 4) is 0 Å². The van der Waals surface area contributed by atoms with Crippen molar-refractivity contribution in [3.63, 3.8) is 0 Å². The molecule has 3 rings (SSSR count). The van der Waals surface area contributed by atoms with Crippen molar-refractivity contribution in [2.24, 2.45) is 5.92 Å². The second kappa shape index (κ2) is 8.31. The highest BCUT2D eigenvalue weighted by Gasteiger charge is 2.24. The standard InChI is InChI=1S/C18H29N5O/c1-2-19-16-12-17(21-14-20-16)23-11-5-6-15(13-23)7-8-18(24)22-9-3-4-10-22/h12,14-15H,2-11,13H2,1H3,(H,19,20,21)/t15-/m0/s1. The van der Waals surface area contributed by atoms with E-state index in [2.05, 4.69) is 27.1 Å². The molecule has 0 unspecified atom stereocenters. The first-order valence-electron chi connectivity index (χ1n) is 9.35. The third kappa shape index (κ3) is 4.36. The fraction of sp³-hybridized carbons (Fsp3) is 0.722. The minimum Gasteiger partial charge on any atom is -0.370 e. The molecular formula is C18H29N5O. The van der Waals surface area contributed by atoms with Crippen LogP contribution in [-0.2, 0) is 4.79 Å². The van der Waals surface area contributed by atoms with E-state index in [4.69, 9.17) is 0 Å². The quantitative estimate of drug-likeness (QED) is 0.868. The Balaban J connectivity index is 1.52. The molecule has 0 bridgehead atoms. The second-order valence-electron chi connectivity index (χ2n) is 6.87. The smallest absolute Gasteiger partial charge is 0.222 e. The molecule has 6 nitrogen and oxygen atoms in total. The maximum absolute atomic E-state index is 12.2. The molecule has 24 heavy (non-hydrogen) atoms. The molecule has 132 valence electrons. The van der Waals surface area contributed by atoms with Gasteiger partial charge in [-0.3, -0.25) is 4.79 Å². The first-order valence-corrected chi connectivity index (χ1v) is 9.35. The van der Waals surface area contributed by atoms with E-state index in [-0.39, 0.29) is 0 Å². The van der Waals surface area contributed by atoms with E-state index >= 15 is 0 Å². The summed E-state index contributed by atoms with van der Waals surface area (Å²) in [5.41, 5.74) is 0. The highest BCUT2D eigenvalue weighted by atomic mass is 16.2. The Morgan fingerprint density at radius 2 is 2.08 bits per heavy atom. The minimum atomic E-state index is 0.348. The molecule has 1 N–H and O–H groups in total. The summed E-state index contributed by atoms with van der Waals surface area (Å²) in [6.45, 7) is 6.89. The highest BCUT2D eigenvalue weighted by molar-refractivity contribution is 5.76. The van der Waals surface area contributed by atoms with Crippen LogP contribution in [0, 0.1) is 5.92 Å². The van der Waals surface area contributed by atoms with Gasteiger partial charge in [0.1, 0.15) is 18.0 Å². The van der Waals surface area contributed by atoms with E-state index < -0.39 is 0 Å². The van der Waals surface area contributed by atoms with Gasteiger partial charge in [0, 0.05) is 45.2 Å². The number of likely N-dealkylation sites (tertiary alicyclic amines) is 1. The van der Waals surface area contributed by atoms with E-state index in [0.29, 0.717) is 18.2 Å². The van der Waals surface area contributed by atoms with Crippen LogP contribution in [0.4, 0.5) is 11.6 Å². The average Bonchev–Trinajstić information content (AvgIpc) is 3.15. The number of amides is 1. The van der Waals surface area contributed by atoms with Crippen molar-refractivity contribution < 1.29 is 4.79 Å². The lowest BCUT2D eigenvalue weighted by Gasteiger charge is -2.33. The van der Waals surface area contributed by atoms with Gasteiger partial charge in [-0.15, -0.1) is 0 Å². The molecule has 0 radical (unpaired) electrons. The summed E-state index contributed by atoms with van der Waals surface area (Å²) in [4.78, 5) is 25.3. The van der Waals surface area contributed by atoms with Gasteiger partial charge in [-0.05, 0) is 44.9 Å². The Hall–Kier alpha value is -1.85. The topological polar surface area (TPSA) is 61.4 Å². The minimum absolute atomic E-state index is 0.348. The Morgan fingerprint density at radius 1 is 1.25 bits per heavy atom. The molecule has 2 aliphatic rings. The third-order valence-electron chi connectivity index (χ3n) is 5.08. The number of carbonyl (C=O) groups excluding carboxylic acids is 1. The van der Waals surface area contributed by atoms with Crippen molar-refractivity contribution in [2.45, 2.75) is 45.4 Å². The van der Waals surface area contributed by atoms with E-state index in [9.17, 15) is 4.79 Å². The molecule has 0 spiro atoms. The maximum atomic E-state index is 12.2. The first kappa shape index (κ1) is 17.0. The maximum Gasteiger partial charge on any atom is 0.222 e. The zero-order chi connectivity index (χ0) is 16.8. The zero-order valence-electron chi connectivity index (χ0n) is 14.7. The lowest BCUT2D eigenvalue weighted by atomic mass is 9.93. The summed E-state index contributed by atoms with van der Waals surface area (Å²) < 4.78 is 0. The predicted molar refractivity (Wildman–Crippen MR) is 96.2 cm³/mol.